The third-order valence-corrected chi connectivity index (χ3v) is 5.54. The van der Waals surface area contributed by atoms with Crippen LogP contribution < -0.4 is 5.32 Å². The summed E-state index contributed by atoms with van der Waals surface area (Å²) in [6.07, 6.45) is 5.98. The minimum atomic E-state index is -0.210. The van der Waals surface area contributed by atoms with E-state index in [1.165, 1.54) is 19.3 Å². The standard InChI is InChI=1S/C19H28ClN3O/c1-22-11-13-23(14-12-22)18(15-7-9-16(20)10-8-15)19(24)21-17-5-3-2-4-6-17/h7-10,17-18H,2-6,11-14H2,1H3,(H,21,24). The molecule has 1 aliphatic carbocycles. The SMILES string of the molecule is CN1CCN(C(C(=O)NC2CCCCC2)c2ccc(Cl)cc2)CC1. The van der Waals surface area contributed by atoms with Crippen molar-refractivity contribution < 1.29 is 4.79 Å². The summed E-state index contributed by atoms with van der Waals surface area (Å²) in [6.45, 7) is 3.84. The Morgan fingerprint density at radius 3 is 2.33 bits per heavy atom. The molecule has 24 heavy (non-hydrogen) atoms. The van der Waals surface area contributed by atoms with E-state index in [1.807, 2.05) is 24.3 Å². The van der Waals surface area contributed by atoms with Gasteiger partial charge in [-0.15, -0.1) is 0 Å². The Balaban J connectivity index is 1.75. The topological polar surface area (TPSA) is 35.6 Å². The van der Waals surface area contributed by atoms with E-state index in [9.17, 15) is 4.79 Å². The quantitative estimate of drug-likeness (QED) is 0.907. The number of piperazine rings is 1. The van der Waals surface area contributed by atoms with Gasteiger partial charge in [-0.25, -0.2) is 0 Å². The van der Waals surface area contributed by atoms with Crippen LogP contribution in [0.15, 0.2) is 24.3 Å². The van der Waals surface area contributed by atoms with Crippen molar-refractivity contribution in [2.75, 3.05) is 33.2 Å². The van der Waals surface area contributed by atoms with Crippen molar-refractivity contribution in [3.8, 4) is 0 Å². The van der Waals surface area contributed by atoms with E-state index in [0.29, 0.717) is 11.1 Å². The number of nitrogens with zero attached hydrogens (tertiary/aromatic N) is 2. The van der Waals surface area contributed by atoms with Crippen LogP contribution in [0.2, 0.25) is 5.02 Å². The van der Waals surface area contributed by atoms with E-state index in [1.54, 1.807) is 0 Å². The van der Waals surface area contributed by atoms with E-state index < -0.39 is 0 Å². The Bertz CT molecular complexity index is 534. The molecule has 1 aromatic rings. The lowest BCUT2D eigenvalue weighted by Gasteiger charge is -2.38. The molecule has 1 N–H and O–H groups in total. The van der Waals surface area contributed by atoms with Crippen molar-refractivity contribution in [1.29, 1.82) is 0 Å². The largest absolute Gasteiger partial charge is 0.352 e. The predicted octanol–water partition coefficient (Wildman–Crippen LogP) is 3.08. The summed E-state index contributed by atoms with van der Waals surface area (Å²) >= 11 is 6.04. The Labute approximate surface area is 150 Å². The van der Waals surface area contributed by atoms with Crippen LogP contribution in [0.25, 0.3) is 0 Å². The number of nitrogens with one attached hydrogen (secondary N) is 1. The zero-order chi connectivity index (χ0) is 16.9. The highest BCUT2D eigenvalue weighted by molar-refractivity contribution is 6.30. The van der Waals surface area contributed by atoms with E-state index >= 15 is 0 Å². The second-order valence-electron chi connectivity index (χ2n) is 7.14. The smallest absolute Gasteiger partial charge is 0.242 e. The predicted molar refractivity (Wildman–Crippen MR) is 98.3 cm³/mol. The molecule has 1 saturated carbocycles. The maximum absolute atomic E-state index is 13.1. The highest BCUT2D eigenvalue weighted by atomic mass is 35.5. The second-order valence-corrected chi connectivity index (χ2v) is 7.57. The molecule has 4 nitrogen and oxygen atoms in total. The van der Waals surface area contributed by atoms with Gasteiger partial charge in [0.2, 0.25) is 5.91 Å². The summed E-state index contributed by atoms with van der Waals surface area (Å²) in [5, 5.41) is 4.03. The molecule has 0 bridgehead atoms. The van der Waals surface area contributed by atoms with Crippen LogP contribution in [0, 0.1) is 0 Å². The monoisotopic (exact) mass is 349 g/mol. The zero-order valence-electron chi connectivity index (χ0n) is 14.5. The van der Waals surface area contributed by atoms with Crippen molar-refractivity contribution in [2.45, 2.75) is 44.2 Å². The molecule has 0 aromatic heterocycles. The third-order valence-electron chi connectivity index (χ3n) is 5.29. The van der Waals surface area contributed by atoms with Gasteiger partial charge in [-0.1, -0.05) is 43.0 Å². The van der Waals surface area contributed by atoms with Gasteiger partial charge in [0.25, 0.3) is 0 Å². The average Bonchev–Trinajstić information content (AvgIpc) is 2.59. The molecule has 1 atom stereocenters. The summed E-state index contributed by atoms with van der Waals surface area (Å²) < 4.78 is 0. The van der Waals surface area contributed by atoms with E-state index in [0.717, 1.165) is 44.6 Å². The highest BCUT2D eigenvalue weighted by Gasteiger charge is 2.31. The fraction of sp³-hybridized carbons (Fsp3) is 0.632. The van der Waals surface area contributed by atoms with Crippen LogP contribution in [-0.2, 0) is 4.79 Å². The number of carbonyl (C=O) groups excluding carboxylic acids is 1. The Morgan fingerprint density at radius 1 is 1.08 bits per heavy atom. The number of amides is 1. The summed E-state index contributed by atoms with van der Waals surface area (Å²) in [5.74, 6) is 0.147. The molecule has 132 valence electrons. The summed E-state index contributed by atoms with van der Waals surface area (Å²) in [4.78, 5) is 17.7. The fourth-order valence-electron chi connectivity index (χ4n) is 3.78. The molecule has 2 aliphatic rings. The van der Waals surface area contributed by atoms with Gasteiger partial charge >= 0.3 is 0 Å². The van der Waals surface area contributed by atoms with Gasteiger partial charge in [0.1, 0.15) is 6.04 Å². The molecule has 0 spiro atoms. The Kier molecular flexibility index (Phi) is 6.14. The minimum Gasteiger partial charge on any atom is -0.352 e. The van der Waals surface area contributed by atoms with Gasteiger partial charge in [0.15, 0.2) is 0 Å². The van der Waals surface area contributed by atoms with Gasteiger partial charge in [0.05, 0.1) is 0 Å². The van der Waals surface area contributed by atoms with Crippen LogP contribution in [0.3, 0.4) is 0 Å². The number of likely N-dealkylation sites (N-methyl/N-ethyl adjacent to an activating group) is 1. The van der Waals surface area contributed by atoms with Crippen molar-refractivity contribution in [1.82, 2.24) is 15.1 Å². The van der Waals surface area contributed by atoms with Gasteiger partial charge in [-0.05, 0) is 37.6 Å². The van der Waals surface area contributed by atoms with Crippen molar-refractivity contribution in [3.63, 3.8) is 0 Å². The molecule has 1 aromatic carbocycles. The number of hydrogen-bond acceptors (Lipinski definition) is 3. The van der Waals surface area contributed by atoms with Gasteiger partial charge < -0.3 is 10.2 Å². The normalized spacial score (nSPS) is 22.2. The number of hydrogen-bond donors (Lipinski definition) is 1. The molecule has 1 saturated heterocycles. The van der Waals surface area contributed by atoms with E-state index in [-0.39, 0.29) is 11.9 Å². The first-order valence-electron chi connectivity index (χ1n) is 9.12. The fourth-order valence-corrected chi connectivity index (χ4v) is 3.91. The van der Waals surface area contributed by atoms with E-state index in [2.05, 4.69) is 22.2 Å². The van der Waals surface area contributed by atoms with Crippen molar-refractivity contribution >= 4 is 17.5 Å². The lowest BCUT2D eigenvalue weighted by molar-refractivity contribution is -0.128. The number of rotatable bonds is 4. The summed E-state index contributed by atoms with van der Waals surface area (Å²) in [7, 11) is 2.14. The van der Waals surface area contributed by atoms with Crippen LogP contribution >= 0.6 is 11.6 Å². The second kappa shape index (κ2) is 8.32. The Morgan fingerprint density at radius 2 is 1.71 bits per heavy atom. The first-order chi connectivity index (χ1) is 11.6. The minimum absolute atomic E-state index is 0.147. The van der Waals surface area contributed by atoms with Crippen molar-refractivity contribution in [3.05, 3.63) is 34.9 Å². The molecule has 1 amide bonds. The number of carbonyl (C=O) groups is 1. The molecule has 2 fully saturated rings. The molecular formula is C19H28ClN3O. The zero-order valence-corrected chi connectivity index (χ0v) is 15.3. The lowest BCUT2D eigenvalue weighted by atomic mass is 9.94. The van der Waals surface area contributed by atoms with Crippen LogP contribution in [0.4, 0.5) is 0 Å². The summed E-state index contributed by atoms with van der Waals surface area (Å²) in [5.41, 5.74) is 1.04. The first-order valence-corrected chi connectivity index (χ1v) is 9.50. The number of benzene rings is 1. The van der Waals surface area contributed by atoms with Gasteiger partial charge in [-0.3, -0.25) is 9.69 Å². The maximum atomic E-state index is 13.1. The van der Waals surface area contributed by atoms with Crippen molar-refractivity contribution in [2.24, 2.45) is 0 Å². The van der Waals surface area contributed by atoms with Crippen LogP contribution in [-0.4, -0.2) is 55.0 Å². The molecule has 0 radical (unpaired) electrons. The van der Waals surface area contributed by atoms with E-state index in [4.69, 9.17) is 11.6 Å². The third kappa shape index (κ3) is 4.50. The Hall–Kier alpha value is -1.10. The van der Waals surface area contributed by atoms with Gasteiger partial charge in [-0.2, -0.15) is 0 Å². The molecule has 5 heteroatoms. The molecule has 1 unspecified atom stereocenters. The summed E-state index contributed by atoms with van der Waals surface area (Å²) in [6, 6.07) is 7.88. The first kappa shape index (κ1) is 17.7. The molecule has 1 heterocycles. The molecule has 1 aliphatic heterocycles. The lowest BCUT2D eigenvalue weighted by Crippen LogP contribution is -2.51. The van der Waals surface area contributed by atoms with Crippen LogP contribution in [0.5, 0.6) is 0 Å². The van der Waals surface area contributed by atoms with Crippen LogP contribution in [0.1, 0.15) is 43.7 Å². The molecule has 3 rings (SSSR count). The van der Waals surface area contributed by atoms with Gasteiger partial charge in [0, 0.05) is 37.2 Å². The number of halogens is 1. The average molecular weight is 350 g/mol. The maximum Gasteiger partial charge on any atom is 0.242 e. The highest BCUT2D eigenvalue weighted by Crippen LogP contribution is 2.25. The molecular weight excluding hydrogens is 322 g/mol.